The summed E-state index contributed by atoms with van der Waals surface area (Å²) >= 11 is 0. The SMILES string of the molecule is CCOC(=O)CCN=Nc1cc(C#N)ccn1. The molecular formula is C11H12N4O2. The van der Waals surface area contributed by atoms with Gasteiger partial charge in [-0.15, -0.1) is 5.11 Å². The zero-order valence-corrected chi connectivity index (χ0v) is 9.46. The molecule has 0 aliphatic carbocycles. The first kappa shape index (κ1) is 12.8. The Morgan fingerprint density at radius 2 is 2.47 bits per heavy atom. The Labute approximate surface area is 99.0 Å². The number of hydrogen-bond acceptors (Lipinski definition) is 6. The van der Waals surface area contributed by atoms with E-state index in [1.165, 1.54) is 12.3 Å². The average Bonchev–Trinajstić information content (AvgIpc) is 2.35. The molecule has 0 aliphatic heterocycles. The van der Waals surface area contributed by atoms with Gasteiger partial charge in [0.25, 0.3) is 0 Å². The second kappa shape index (κ2) is 7.06. The Balaban J connectivity index is 2.43. The molecule has 1 rings (SSSR count). The molecule has 0 saturated carbocycles. The first-order chi connectivity index (χ1) is 8.26. The Morgan fingerprint density at radius 1 is 1.65 bits per heavy atom. The topological polar surface area (TPSA) is 87.7 Å². The van der Waals surface area contributed by atoms with Crippen molar-refractivity contribution in [2.45, 2.75) is 13.3 Å². The molecule has 0 atom stereocenters. The molecule has 6 heteroatoms. The van der Waals surface area contributed by atoms with Gasteiger partial charge in [0.05, 0.1) is 31.2 Å². The van der Waals surface area contributed by atoms with E-state index in [0.717, 1.165) is 0 Å². The van der Waals surface area contributed by atoms with E-state index < -0.39 is 0 Å². The fourth-order valence-corrected chi connectivity index (χ4v) is 1.04. The molecule has 0 amide bonds. The number of carbonyl (C=O) groups excluding carboxylic acids is 1. The van der Waals surface area contributed by atoms with Crippen LogP contribution in [0.5, 0.6) is 0 Å². The number of rotatable bonds is 5. The lowest BCUT2D eigenvalue weighted by atomic mass is 10.3. The van der Waals surface area contributed by atoms with Crippen LogP contribution in [0.25, 0.3) is 0 Å². The summed E-state index contributed by atoms with van der Waals surface area (Å²) in [7, 11) is 0. The van der Waals surface area contributed by atoms with Gasteiger partial charge in [-0.3, -0.25) is 4.79 Å². The lowest BCUT2D eigenvalue weighted by Gasteiger charge is -1.97. The smallest absolute Gasteiger partial charge is 0.307 e. The van der Waals surface area contributed by atoms with Crippen molar-refractivity contribution >= 4 is 11.8 Å². The van der Waals surface area contributed by atoms with Crippen molar-refractivity contribution in [2.24, 2.45) is 10.2 Å². The molecule has 0 saturated heterocycles. The third-order valence-corrected chi connectivity index (χ3v) is 1.77. The Kier molecular flexibility index (Phi) is 5.31. The van der Waals surface area contributed by atoms with Gasteiger partial charge in [0.15, 0.2) is 5.82 Å². The van der Waals surface area contributed by atoms with E-state index in [4.69, 9.17) is 10.00 Å². The highest BCUT2D eigenvalue weighted by molar-refractivity contribution is 5.69. The number of ether oxygens (including phenoxy) is 1. The van der Waals surface area contributed by atoms with Gasteiger partial charge in [-0.05, 0) is 13.0 Å². The summed E-state index contributed by atoms with van der Waals surface area (Å²) in [5.74, 6) is 0.0538. The molecular weight excluding hydrogens is 220 g/mol. The monoisotopic (exact) mass is 232 g/mol. The maximum Gasteiger partial charge on any atom is 0.307 e. The van der Waals surface area contributed by atoms with Gasteiger partial charge in [-0.1, -0.05) is 0 Å². The van der Waals surface area contributed by atoms with Crippen molar-refractivity contribution in [2.75, 3.05) is 13.2 Å². The molecule has 0 N–H and O–H groups in total. The van der Waals surface area contributed by atoms with Crippen molar-refractivity contribution < 1.29 is 9.53 Å². The summed E-state index contributed by atoms with van der Waals surface area (Å²) in [6, 6.07) is 5.08. The summed E-state index contributed by atoms with van der Waals surface area (Å²) < 4.78 is 4.73. The van der Waals surface area contributed by atoms with E-state index >= 15 is 0 Å². The number of hydrogen-bond donors (Lipinski definition) is 0. The fourth-order valence-electron chi connectivity index (χ4n) is 1.04. The number of esters is 1. The van der Waals surface area contributed by atoms with Crippen LogP contribution in [0.2, 0.25) is 0 Å². The highest BCUT2D eigenvalue weighted by Gasteiger charge is 1.99. The normalized spacial score (nSPS) is 10.1. The Bertz CT molecular complexity index is 451. The number of nitriles is 1. The molecule has 17 heavy (non-hydrogen) atoms. The number of carbonyl (C=O) groups is 1. The quantitative estimate of drug-likeness (QED) is 0.573. The predicted octanol–water partition coefficient (Wildman–Crippen LogP) is 1.99. The standard InChI is InChI=1S/C11H12N4O2/c1-2-17-11(16)4-6-14-15-10-7-9(8-12)3-5-13-10/h3,5,7H,2,4,6H2,1H3. The van der Waals surface area contributed by atoms with Crippen LogP contribution in [0.15, 0.2) is 28.6 Å². The van der Waals surface area contributed by atoms with E-state index in [1.807, 2.05) is 6.07 Å². The van der Waals surface area contributed by atoms with Gasteiger partial charge in [-0.25, -0.2) is 4.98 Å². The molecule has 6 nitrogen and oxygen atoms in total. The van der Waals surface area contributed by atoms with Crippen molar-refractivity contribution in [3.63, 3.8) is 0 Å². The lowest BCUT2D eigenvalue weighted by molar-refractivity contribution is -0.142. The minimum atomic E-state index is -0.301. The van der Waals surface area contributed by atoms with Crippen LogP contribution in [0.4, 0.5) is 5.82 Å². The predicted molar refractivity (Wildman–Crippen MR) is 59.6 cm³/mol. The zero-order valence-electron chi connectivity index (χ0n) is 9.46. The molecule has 0 spiro atoms. The number of nitrogens with zero attached hydrogens (tertiary/aromatic N) is 4. The van der Waals surface area contributed by atoms with E-state index in [1.54, 1.807) is 13.0 Å². The van der Waals surface area contributed by atoms with E-state index in [9.17, 15) is 4.79 Å². The van der Waals surface area contributed by atoms with Gasteiger partial charge < -0.3 is 4.74 Å². The molecule has 88 valence electrons. The molecule has 0 aromatic carbocycles. The molecule has 1 aromatic rings. The number of pyridine rings is 1. The van der Waals surface area contributed by atoms with Crippen LogP contribution in [-0.2, 0) is 9.53 Å². The van der Waals surface area contributed by atoms with Crippen LogP contribution in [0, 0.1) is 11.3 Å². The van der Waals surface area contributed by atoms with Crippen LogP contribution < -0.4 is 0 Å². The number of aromatic nitrogens is 1. The van der Waals surface area contributed by atoms with Crippen LogP contribution in [0.3, 0.4) is 0 Å². The maximum atomic E-state index is 11.0. The third-order valence-electron chi connectivity index (χ3n) is 1.77. The highest BCUT2D eigenvalue weighted by Crippen LogP contribution is 2.09. The fraction of sp³-hybridized carbons (Fsp3) is 0.364. The summed E-state index contributed by atoms with van der Waals surface area (Å²) in [5.41, 5.74) is 0.472. The molecule has 0 aliphatic rings. The molecule has 0 radical (unpaired) electrons. The minimum Gasteiger partial charge on any atom is -0.466 e. The number of azo groups is 1. The summed E-state index contributed by atoms with van der Waals surface area (Å²) in [6.45, 7) is 2.36. The summed E-state index contributed by atoms with van der Waals surface area (Å²) in [6.07, 6.45) is 1.67. The third kappa shape index (κ3) is 4.84. The zero-order chi connectivity index (χ0) is 12.5. The molecule has 1 heterocycles. The van der Waals surface area contributed by atoms with Crippen LogP contribution in [-0.4, -0.2) is 24.1 Å². The van der Waals surface area contributed by atoms with Crippen molar-refractivity contribution in [1.82, 2.24) is 4.98 Å². The van der Waals surface area contributed by atoms with Crippen molar-refractivity contribution in [1.29, 1.82) is 5.26 Å². The lowest BCUT2D eigenvalue weighted by Crippen LogP contribution is -2.04. The van der Waals surface area contributed by atoms with Gasteiger partial charge in [0.1, 0.15) is 0 Å². The molecule has 0 unspecified atom stereocenters. The summed E-state index contributed by atoms with van der Waals surface area (Å²) in [5, 5.41) is 16.2. The second-order valence-corrected chi connectivity index (χ2v) is 3.03. The van der Waals surface area contributed by atoms with Gasteiger partial charge in [0.2, 0.25) is 0 Å². The first-order valence-electron chi connectivity index (χ1n) is 5.15. The van der Waals surface area contributed by atoms with E-state index in [0.29, 0.717) is 18.0 Å². The van der Waals surface area contributed by atoms with Gasteiger partial charge in [-0.2, -0.15) is 10.4 Å². The first-order valence-corrected chi connectivity index (χ1v) is 5.15. The second-order valence-electron chi connectivity index (χ2n) is 3.03. The van der Waals surface area contributed by atoms with Gasteiger partial charge in [0, 0.05) is 12.3 Å². The van der Waals surface area contributed by atoms with E-state index in [2.05, 4.69) is 15.2 Å². The summed E-state index contributed by atoms with van der Waals surface area (Å²) in [4.78, 5) is 14.9. The van der Waals surface area contributed by atoms with Gasteiger partial charge >= 0.3 is 5.97 Å². The highest BCUT2D eigenvalue weighted by atomic mass is 16.5. The van der Waals surface area contributed by atoms with Crippen molar-refractivity contribution in [3.05, 3.63) is 23.9 Å². The largest absolute Gasteiger partial charge is 0.466 e. The Morgan fingerprint density at radius 3 is 3.18 bits per heavy atom. The molecule has 1 aromatic heterocycles. The maximum absolute atomic E-state index is 11.0. The molecule has 0 bridgehead atoms. The van der Waals surface area contributed by atoms with Crippen LogP contribution >= 0.6 is 0 Å². The minimum absolute atomic E-state index is 0.190. The van der Waals surface area contributed by atoms with E-state index in [-0.39, 0.29) is 18.9 Å². The Hall–Kier alpha value is -2.29. The van der Waals surface area contributed by atoms with Crippen molar-refractivity contribution in [3.8, 4) is 6.07 Å². The van der Waals surface area contributed by atoms with Crippen LogP contribution in [0.1, 0.15) is 18.9 Å². The molecule has 0 fully saturated rings. The average molecular weight is 232 g/mol.